The lowest BCUT2D eigenvalue weighted by Crippen LogP contribution is -2.65. The van der Waals surface area contributed by atoms with E-state index in [9.17, 15) is 8.42 Å². The Kier molecular flexibility index (Phi) is 1.74. The van der Waals surface area contributed by atoms with Crippen molar-refractivity contribution in [3.05, 3.63) is 0 Å². The van der Waals surface area contributed by atoms with Crippen molar-refractivity contribution in [3.8, 4) is 0 Å². The molecular formula is C5H11NO3S. The molecule has 0 atom stereocenters. The van der Waals surface area contributed by atoms with Crippen LogP contribution in [0.3, 0.4) is 0 Å². The van der Waals surface area contributed by atoms with Gasteiger partial charge in [-0.3, -0.25) is 0 Å². The van der Waals surface area contributed by atoms with Crippen molar-refractivity contribution in [2.75, 3.05) is 25.2 Å². The van der Waals surface area contributed by atoms with Gasteiger partial charge in [0.05, 0.1) is 23.7 Å². The van der Waals surface area contributed by atoms with E-state index < -0.39 is 15.4 Å². The van der Waals surface area contributed by atoms with Gasteiger partial charge < -0.3 is 10.4 Å². The van der Waals surface area contributed by atoms with Crippen molar-refractivity contribution in [2.45, 2.75) is 5.54 Å². The number of aliphatic hydroxyl groups excluding tert-OH is 1. The van der Waals surface area contributed by atoms with E-state index in [0.717, 1.165) is 0 Å². The lowest BCUT2D eigenvalue weighted by molar-refractivity contribution is 0.188. The molecule has 0 amide bonds. The van der Waals surface area contributed by atoms with E-state index in [-0.39, 0.29) is 18.1 Å². The quantitative estimate of drug-likeness (QED) is 0.515. The summed E-state index contributed by atoms with van der Waals surface area (Å²) in [6, 6.07) is 0. The number of sulfone groups is 1. The van der Waals surface area contributed by atoms with Gasteiger partial charge in [-0.25, -0.2) is 8.42 Å². The van der Waals surface area contributed by atoms with Crippen molar-refractivity contribution < 1.29 is 13.5 Å². The highest BCUT2D eigenvalue weighted by molar-refractivity contribution is 7.93. The van der Waals surface area contributed by atoms with E-state index in [1.807, 2.05) is 0 Å². The highest BCUT2D eigenvalue weighted by Gasteiger charge is 2.46. The number of rotatable bonds is 2. The Labute approximate surface area is 60.2 Å². The molecule has 0 unspecified atom stereocenters. The van der Waals surface area contributed by atoms with Gasteiger partial charge in [-0.2, -0.15) is 0 Å². The van der Waals surface area contributed by atoms with E-state index in [1.54, 1.807) is 7.05 Å². The maximum absolute atomic E-state index is 10.7. The van der Waals surface area contributed by atoms with Crippen LogP contribution in [0.4, 0.5) is 0 Å². The normalized spacial score (nSPS) is 27.4. The Bertz CT molecular complexity index is 203. The topological polar surface area (TPSA) is 66.4 Å². The number of hydrogen-bond acceptors (Lipinski definition) is 4. The molecular weight excluding hydrogens is 154 g/mol. The van der Waals surface area contributed by atoms with Crippen LogP contribution in [0.25, 0.3) is 0 Å². The summed E-state index contributed by atoms with van der Waals surface area (Å²) in [6.07, 6.45) is 0. The molecule has 0 aromatic rings. The fourth-order valence-corrected chi connectivity index (χ4v) is 3.18. The van der Waals surface area contributed by atoms with E-state index in [0.29, 0.717) is 0 Å². The summed E-state index contributed by atoms with van der Waals surface area (Å²) in [7, 11) is -1.18. The minimum Gasteiger partial charge on any atom is -0.394 e. The van der Waals surface area contributed by atoms with Crippen LogP contribution < -0.4 is 5.32 Å². The van der Waals surface area contributed by atoms with Gasteiger partial charge in [0.1, 0.15) is 0 Å². The average Bonchev–Trinajstić information content (AvgIpc) is 1.82. The Morgan fingerprint density at radius 3 is 2.20 bits per heavy atom. The van der Waals surface area contributed by atoms with Crippen LogP contribution in [0, 0.1) is 0 Å². The van der Waals surface area contributed by atoms with Crippen molar-refractivity contribution in [1.29, 1.82) is 0 Å². The van der Waals surface area contributed by atoms with E-state index >= 15 is 0 Å². The molecule has 2 N–H and O–H groups in total. The zero-order valence-corrected chi connectivity index (χ0v) is 6.61. The maximum Gasteiger partial charge on any atom is 0.154 e. The minimum absolute atomic E-state index is 0.0625. The number of hydrogen-bond donors (Lipinski definition) is 2. The first-order valence-corrected chi connectivity index (χ1v) is 4.86. The van der Waals surface area contributed by atoms with Crippen LogP contribution in [0.2, 0.25) is 0 Å². The molecule has 1 aliphatic rings. The summed E-state index contributed by atoms with van der Waals surface area (Å²) in [4.78, 5) is 0. The summed E-state index contributed by atoms with van der Waals surface area (Å²) in [5.74, 6) is 0.125. The fourth-order valence-electron chi connectivity index (χ4n) is 1.11. The third-order valence-electron chi connectivity index (χ3n) is 1.83. The first-order valence-electron chi connectivity index (χ1n) is 3.04. The fraction of sp³-hybridized carbons (Fsp3) is 1.00. The molecule has 1 fully saturated rings. The van der Waals surface area contributed by atoms with Crippen molar-refractivity contribution in [3.63, 3.8) is 0 Å². The van der Waals surface area contributed by atoms with Crippen LogP contribution in [0.15, 0.2) is 0 Å². The molecule has 1 rings (SSSR count). The molecule has 0 saturated carbocycles. The summed E-state index contributed by atoms with van der Waals surface area (Å²) < 4.78 is 21.3. The summed E-state index contributed by atoms with van der Waals surface area (Å²) in [6.45, 7) is -0.108. The van der Waals surface area contributed by atoms with E-state index in [4.69, 9.17) is 5.11 Å². The first-order chi connectivity index (χ1) is 4.54. The molecule has 1 saturated heterocycles. The average molecular weight is 165 g/mol. The summed E-state index contributed by atoms with van der Waals surface area (Å²) >= 11 is 0. The highest BCUT2D eigenvalue weighted by atomic mass is 32.2. The van der Waals surface area contributed by atoms with Gasteiger partial charge >= 0.3 is 0 Å². The Balaban J connectivity index is 2.63. The van der Waals surface area contributed by atoms with Crippen LogP contribution in [-0.4, -0.2) is 44.2 Å². The van der Waals surface area contributed by atoms with Crippen LogP contribution >= 0.6 is 0 Å². The van der Waals surface area contributed by atoms with E-state index in [1.165, 1.54) is 0 Å². The maximum atomic E-state index is 10.7. The molecule has 1 heterocycles. The molecule has 60 valence electrons. The molecule has 10 heavy (non-hydrogen) atoms. The van der Waals surface area contributed by atoms with E-state index in [2.05, 4.69) is 5.32 Å². The molecule has 0 spiro atoms. The molecule has 5 heteroatoms. The second kappa shape index (κ2) is 2.18. The predicted molar refractivity (Wildman–Crippen MR) is 37.5 cm³/mol. The van der Waals surface area contributed by atoms with Gasteiger partial charge in [-0.15, -0.1) is 0 Å². The van der Waals surface area contributed by atoms with Crippen molar-refractivity contribution >= 4 is 9.84 Å². The number of nitrogens with one attached hydrogen (secondary N) is 1. The highest BCUT2D eigenvalue weighted by Crippen LogP contribution is 2.21. The largest absolute Gasteiger partial charge is 0.394 e. The van der Waals surface area contributed by atoms with Gasteiger partial charge in [-0.05, 0) is 7.05 Å². The van der Waals surface area contributed by atoms with Crippen LogP contribution in [0.1, 0.15) is 0 Å². The second-order valence-corrected chi connectivity index (χ2v) is 4.79. The van der Waals surface area contributed by atoms with Crippen molar-refractivity contribution in [2.24, 2.45) is 0 Å². The molecule has 0 aliphatic carbocycles. The zero-order valence-electron chi connectivity index (χ0n) is 5.79. The molecule has 0 aromatic carbocycles. The Morgan fingerprint density at radius 2 is 2.10 bits per heavy atom. The second-order valence-electron chi connectivity index (χ2n) is 2.72. The lowest BCUT2D eigenvalue weighted by atomic mass is 10.1. The van der Waals surface area contributed by atoms with Gasteiger partial charge in [0.15, 0.2) is 9.84 Å². The van der Waals surface area contributed by atoms with Gasteiger partial charge in [0, 0.05) is 0 Å². The smallest absolute Gasteiger partial charge is 0.154 e. The molecule has 0 aromatic heterocycles. The standard InChI is InChI=1S/C5H11NO3S/c1-6-5(2-7)3-10(8,9)4-5/h6-7H,2-4H2,1H3. The summed E-state index contributed by atoms with van der Waals surface area (Å²) in [5.41, 5.74) is -0.543. The SMILES string of the molecule is CNC1(CO)CS(=O)(=O)C1. The molecule has 1 aliphatic heterocycles. The lowest BCUT2D eigenvalue weighted by Gasteiger charge is -2.38. The number of aliphatic hydroxyl groups is 1. The third-order valence-corrected chi connectivity index (χ3v) is 3.81. The molecule has 0 bridgehead atoms. The first kappa shape index (κ1) is 7.97. The predicted octanol–water partition coefficient (Wildman–Crippen LogP) is -1.63. The molecule has 4 nitrogen and oxygen atoms in total. The number of likely N-dealkylation sites (N-methyl/N-ethyl adjacent to an activating group) is 1. The minimum atomic E-state index is -2.84. The Morgan fingerprint density at radius 1 is 1.60 bits per heavy atom. The van der Waals surface area contributed by atoms with Gasteiger partial charge in [0.2, 0.25) is 0 Å². The van der Waals surface area contributed by atoms with Gasteiger partial charge in [0.25, 0.3) is 0 Å². The molecule has 0 radical (unpaired) electrons. The summed E-state index contributed by atoms with van der Waals surface area (Å²) in [5, 5.41) is 11.5. The third kappa shape index (κ3) is 1.16. The Hall–Kier alpha value is -0.130. The zero-order chi connectivity index (χ0) is 7.83. The monoisotopic (exact) mass is 165 g/mol. The van der Waals surface area contributed by atoms with Crippen LogP contribution in [-0.2, 0) is 9.84 Å². The van der Waals surface area contributed by atoms with Crippen molar-refractivity contribution in [1.82, 2.24) is 5.32 Å². The van der Waals surface area contributed by atoms with Crippen LogP contribution in [0.5, 0.6) is 0 Å². The van der Waals surface area contributed by atoms with Gasteiger partial charge in [-0.1, -0.05) is 0 Å².